The van der Waals surface area contributed by atoms with Crippen LogP contribution in [0.5, 0.6) is 0 Å². The summed E-state index contributed by atoms with van der Waals surface area (Å²) in [5, 5.41) is 4.22. The molecule has 16 heavy (non-hydrogen) atoms. The Labute approximate surface area is 98.0 Å². The molecule has 1 fully saturated rings. The molecule has 1 aromatic heterocycles. The Morgan fingerprint density at radius 2 is 2.25 bits per heavy atom. The largest absolute Gasteiger partial charge is 0.322 e. The highest BCUT2D eigenvalue weighted by atomic mass is 15.3. The van der Waals surface area contributed by atoms with E-state index in [9.17, 15) is 0 Å². The van der Waals surface area contributed by atoms with Crippen molar-refractivity contribution in [1.29, 1.82) is 0 Å². The van der Waals surface area contributed by atoms with Crippen LogP contribution in [0.1, 0.15) is 50.8 Å². The summed E-state index contributed by atoms with van der Waals surface area (Å²) in [6.07, 6.45) is 8.46. The minimum atomic E-state index is 0.165. The van der Waals surface area contributed by atoms with Gasteiger partial charge in [-0.1, -0.05) is 32.6 Å². The Hall–Kier alpha value is -0.830. The molecule has 0 spiro atoms. The Balaban J connectivity index is 2.13. The molecule has 2 N–H and O–H groups in total. The van der Waals surface area contributed by atoms with E-state index < -0.39 is 0 Å². The van der Waals surface area contributed by atoms with Gasteiger partial charge in [0.2, 0.25) is 0 Å². The molecule has 2 rings (SSSR count). The van der Waals surface area contributed by atoms with Gasteiger partial charge in [-0.25, -0.2) is 0 Å². The standard InChI is InChI=1S/C13H23N3/c1-3-10-6-4-5-7-11(10)13(14)12-8-9-15-16(12)2/h8-11,13H,3-7,14H2,1-2H3. The van der Waals surface area contributed by atoms with Gasteiger partial charge in [0.1, 0.15) is 0 Å². The molecule has 1 heterocycles. The van der Waals surface area contributed by atoms with E-state index in [-0.39, 0.29) is 6.04 Å². The third-order valence-electron chi connectivity index (χ3n) is 4.15. The molecule has 1 aromatic rings. The highest BCUT2D eigenvalue weighted by molar-refractivity contribution is 5.08. The zero-order chi connectivity index (χ0) is 11.5. The van der Waals surface area contributed by atoms with E-state index in [0.717, 1.165) is 5.92 Å². The Kier molecular flexibility index (Phi) is 3.64. The van der Waals surface area contributed by atoms with Crippen molar-refractivity contribution in [2.45, 2.75) is 45.1 Å². The third kappa shape index (κ3) is 2.14. The van der Waals surface area contributed by atoms with Crippen molar-refractivity contribution >= 4 is 0 Å². The lowest BCUT2D eigenvalue weighted by Crippen LogP contribution is -2.31. The van der Waals surface area contributed by atoms with Crippen LogP contribution in [0.2, 0.25) is 0 Å². The second-order valence-electron chi connectivity index (χ2n) is 5.02. The molecule has 0 amide bonds. The van der Waals surface area contributed by atoms with Crippen molar-refractivity contribution in [3.05, 3.63) is 18.0 Å². The Bertz CT molecular complexity index is 332. The van der Waals surface area contributed by atoms with Crippen molar-refractivity contribution in [1.82, 2.24) is 9.78 Å². The summed E-state index contributed by atoms with van der Waals surface area (Å²) in [5.41, 5.74) is 7.61. The van der Waals surface area contributed by atoms with Crippen LogP contribution in [0.15, 0.2) is 12.3 Å². The monoisotopic (exact) mass is 221 g/mol. The van der Waals surface area contributed by atoms with Crippen molar-refractivity contribution in [2.24, 2.45) is 24.6 Å². The molecule has 3 nitrogen and oxygen atoms in total. The number of aromatic nitrogens is 2. The molecule has 3 unspecified atom stereocenters. The van der Waals surface area contributed by atoms with Gasteiger partial charge in [-0.15, -0.1) is 0 Å². The fourth-order valence-corrected chi connectivity index (χ4v) is 3.15. The maximum Gasteiger partial charge on any atom is 0.0551 e. The zero-order valence-electron chi connectivity index (χ0n) is 10.4. The van der Waals surface area contributed by atoms with Gasteiger partial charge in [-0.05, 0) is 24.3 Å². The van der Waals surface area contributed by atoms with Crippen LogP contribution in [0.3, 0.4) is 0 Å². The van der Waals surface area contributed by atoms with E-state index in [1.54, 1.807) is 0 Å². The van der Waals surface area contributed by atoms with Crippen LogP contribution in [-0.4, -0.2) is 9.78 Å². The van der Waals surface area contributed by atoms with Crippen LogP contribution in [0.25, 0.3) is 0 Å². The number of hydrogen-bond donors (Lipinski definition) is 1. The molecule has 0 radical (unpaired) electrons. The Morgan fingerprint density at radius 3 is 2.88 bits per heavy atom. The van der Waals surface area contributed by atoms with E-state index in [0.29, 0.717) is 5.92 Å². The van der Waals surface area contributed by atoms with Gasteiger partial charge in [0.15, 0.2) is 0 Å². The molecule has 3 atom stereocenters. The van der Waals surface area contributed by atoms with E-state index in [4.69, 9.17) is 5.73 Å². The Morgan fingerprint density at radius 1 is 1.50 bits per heavy atom. The van der Waals surface area contributed by atoms with E-state index in [1.807, 2.05) is 17.9 Å². The van der Waals surface area contributed by atoms with Gasteiger partial charge in [0, 0.05) is 19.3 Å². The molecule has 3 heteroatoms. The topological polar surface area (TPSA) is 43.8 Å². The van der Waals surface area contributed by atoms with Gasteiger partial charge in [0.05, 0.1) is 5.69 Å². The lowest BCUT2D eigenvalue weighted by Gasteiger charge is -2.35. The minimum Gasteiger partial charge on any atom is -0.322 e. The molecule has 0 saturated heterocycles. The van der Waals surface area contributed by atoms with Gasteiger partial charge >= 0.3 is 0 Å². The van der Waals surface area contributed by atoms with Crippen molar-refractivity contribution in [2.75, 3.05) is 0 Å². The first-order chi connectivity index (χ1) is 7.74. The minimum absolute atomic E-state index is 0.165. The van der Waals surface area contributed by atoms with Crippen LogP contribution in [-0.2, 0) is 7.05 Å². The molecule has 90 valence electrons. The first kappa shape index (κ1) is 11.6. The molecule has 1 aliphatic rings. The van der Waals surface area contributed by atoms with Crippen LogP contribution in [0.4, 0.5) is 0 Å². The lowest BCUT2D eigenvalue weighted by atomic mass is 9.73. The van der Waals surface area contributed by atoms with Crippen molar-refractivity contribution in [3.8, 4) is 0 Å². The fourth-order valence-electron chi connectivity index (χ4n) is 3.15. The van der Waals surface area contributed by atoms with Crippen molar-refractivity contribution in [3.63, 3.8) is 0 Å². The third-order valence-corrected chi connectivity index (χ3v) is 4.15. The molecule has 0 bridgehead atoms. The first-order valence-corrected chi connectivity index (χ1v) is 6.47. The molecule has 1 saturated carbocycles. The van der Waals surface area contributed by atoms with Gasteiger partial charge in [0.25, 0.3) is 0 Å². The van der Waals surface area contributed by atoms with E-state index >= 15 is 0 Å². The maximum atomic E-state index is 6.42. The SMILES string of the molecule is CCC1CCCCC1C(N)c1ccnn1C. The van der Waals surface area contributed by atoms with E-state index in [2.05, 4.69) is 18.1 Å². The fraction of sp³-hybridized carbons (Fsp3) is 0.769. The highest BCUT2D eigenvalue weighted by Gasteiger charge is 2.30. The smallest absolute Gasteiger partial charge is 0.0551 e. The number of hydrogen-bond acceptors (Lipinski definition) is 2. The average Bonchev–Trinajstić information content (AvgIpc) is 2.74. The van der Waals surface area contributed by atoms with E-state index in [1.165, 1.54) is 37.8 Å². The number of nitrogens with two attached hydrogens (primary N) is 1. The first-order valence-electron chi connectivity index (χ1n) is 6.47. The zero-order valence-corrected chi connectivity index (χ0v) is 10.4. The van der Waals surface area contributed by atoms with Crippen LogP contribution in [0, 0.1) is 11.8 Å². The predicted molar refractivity (Wildman–Crippen MR) is 65.9 cm³/mol. The predicted octanol–water partition coefficient (Wildman–Crippen LogP) is 2.64. The number of aryl methyl sites for hydroxylation is 1. The second kappa shape index (κ2) is 5.00. The van der Waals surface area contributed by atoms with Crippen LogP contribution >= 0.6 is 0 Å². The summed E-state index contributed by atoms with van der Waals surface area (Å²) in [6.45, 7) is 2.29. The van der Waals surface area contributed by atoms with Gasteiger partial charge in [-0.3, -0.25) is 4.68 Å². The number of nitrogens with zero attached hydrogens (tertiary/aromatic N) is 2. The molecule has 1 aliphatic carbocycles. The van der Waals surface area contributed by atoms with Gasteiger partial charge < -0.3 is 5.73 Å². The summed E-state index contributed by atoms with van der Waals surface area (Å²) >= 11 is 0. The van der Waals surface area contributed by atoms with Crippen molar-refractivity contribution < 1.29 is 0 Å². The normalized spacial score (nSPS) is 27.9. The summed E-state index contributed by atoms with van der Waals surface area (Å²) in [4.78, 5) is 0. The molecular weight excluding hydrogens is 198 g/mol. The summed E-state index contributed by atoms with van der Waals surface area (Å²) in [5.74, 6) is 1.45. The lowest BCUT2D eigenvalue weighted by molar-refractivity contribution is 0.192. The quantitative estimate of drug-likeness (QED) is 0.852. The molecule has 0 aromatic carbocycles. The average molecular weight is 221 g/mol. The second-order valence-corrected chi connectivity index (χ2v) is 5.02. The maximum absolute atomic E-state index is 6.42. The van der Waals surface area contributed by atoms with Crippen LogP contribution < -0.4 is 5.73 Å². The summed E-state index contributed by atoms with van der Waals surface area (Å²) in [7, 11) is 1.99. The molecule has 0 aliphatic heterocycles. The molecular formula is C13H23N3. The summed E-state index contributed by atoms with van der Waals surface area (Å²) in [6, 6.07) is 2.23. The van der Waals surface area contributed by atoms with Gasteiger partial charge in [-0.2, -0.15) is 5.10 Å². The number of rotatable bonds is 3. The summed E-state index contributed by atoms with van der Waals surface area (Å²) < 4.78 is 1.92. The highest BCUT2D eigenvalue weighted by Crippen LogP contribution is 2.38.